The first-order valence-electron chi connectivity index (χ1n) is 7.37. The van der Waals surface area contributed by atoms with Crippen LogP contribution in [0.25, 0.3) is 0 Å². The average Bonchev–Trinajstić information content (AvgIpc) is 2.49. The summed E-state index contributed by atoms with van der Waals surface area (Å²) in [6.45, 7) is 6.40. The molecule has 0 amide bonds. The lowest BCUT2D eigenvalue weighted by Crippen LogP contribution is -2.14. The zero-order valence-corrected chi connectivity index (χ0v) is 14.2. The van der Waals surface area contributed by atoms with Gasteiger partial charge in [0.15, 0.2) is 0 Å². The summed E-state index contributed by atoms with van der Waals surface area (Å²) >= 11 is 8.03. The highest BCUT2D eigenvalue weighted by molar-refractivity contribution is 7.98. The third-order valence-corrected chi connectivity index (χ3v) is 4.82. The van der Waals surface area contributed by atoms with Crippen molar-refractivity contribution in [2.75, 3.05) is 6.54 Å². The van der Waals surface area contributed by atoms with Crippen molar-refractivity contribution in [3.05, 3.63) is 64.2 Å². The third kappa shape index (κ3) is 5.06. The maximum atomic E-state index is 6.20. The van der Waals surface area contributed by atoms with Gasteiger partial charge in [0.05, 0.1) is 0 Å². The third-order valence-electron chi connectivity index (χ3n) is 3.41. The topological polar surface area (TPSA) is 12.0 Å². The maximum absolute atomic E-state index is 6.20. The summed E-state index contributed by atoms with van der Waals surface area (Å²) in [7, 11) is 0. The molecule has 0 aliphatic rings. The quantitative estimate of drug-likeness (QED) is 0.538. The Hall–Kier alpha value is -0.960. The van der Waals surface area contributed by atoms with Crippen molar-refractivity contribution in [1.82, 2.24) is 5.32 Å². The lowest BCUT2D eigenvalue weighted by Gasteiger charge is -2.10. The van der Waals surface area contributed by atoms with Crippen LogP contribution in [-0.2, 0) is 12.3 Å². The molecule has 21 heavy (non-hydrogen) atoms. The molecular weight excluding hydrogens is 298 g/mol. The Balaban J connectivity index is 1.95. The molecule has 2 aromatic carbocycles. The summed E-state index contributed by atoms with van der Waals surface area (Å²) in [4.78, 5) is 1.30. The number of rotatable bonds is 7. The van der Waals surface area contributed by atoms with E-state index in [4.69, 9.17) is 11.6 Å². The molecule has 2 rings (SSSR count). The lowest BCUT2D eigenvalue weighted by atomic mass is 10.1. The van der Waals surface area contributed by atoms with E-state index in [1.807, 2.05) is 30.0 Å². The minimum absolute atomic E-state index is 0.849. The molecule has 1 nitrogen and oxygen atoms in total. The highest BCUT2D eigenvalue weighted by Gasteiger charge is 2.03. The van der Waals surface area contributed by atoms with E-state index in [0.29, 0.717) is 0 Å². The Morgan fingerprint density at radius 3 is 2.62 bits per heavy atom. The molecule has 0 saturated heterocycles. The van der Waals surface area contributed by atoms with Gasteiger partial charge >= 0.3 is 0 Å². The van der Waals surface area contributed by atoms with Crippen LogP contribution >= 0.6 is 23.4 Å². The van der Waals surface area contributed by atoms with Gasteiger partial charge in [0.2, 0.25) is 0 Å². The van der Waals surface area contributed by atoms with E-state index in [1.165, 1.54) is 28.0 Å². The Kier molecular flexibility index (Phi) is 6.62. The van der Waals surface area contributed by atoms with Crippen LogP contribution in [0.4, 0.5) is 0 Å². The van der Waals surface area contributed by atoms with Crippen molar-refractivity contribution in [1.29, 1.82) is 0 Å². The van der Waals surface area contributed by atoms with Crippen LogP contribution in [0.3, 0.4) is 0 Å². The van der Waals surface area contributed by atoms with Crippen molar-refractivity contribution in [3.63, 3.8) is 0 Å². The molecule has 112 valence electrons. The predicted octanol–water partition coefficient (Wildman–Crippen LogP) is 5.44. The molecule has 0 aliphatic carbocycles. The fourth-order valence-corrected chi connectivity index (χ4v) is 3.41. The summed E-state index contributed by atoms with van der Waals surface area (Å²) in [5.74, 6) is 0.909. The molecule has 0 heterocycles. The van der Waals surface area contributed by atoms with Gasteiger partial charge in [-0.05, 0) is 54.8 Å². The van der Waals surface area contributed by atoms with Gasteiger partial charge in [-0.1, -0.05) is 42.8 Å². The first-order valence-corrected chi connectivity index (χ1v) is 8.73. The van der Waals surface area contributed by atoms with Gasteiger partial charge in [-0.2, -0.15) is 0 Å². The van der Waals surface area contributed by atoms with Crippen LogP contribution in [0.2, 0.25) is 5.02 Å². The molecule has 2 aromatic rings. The standard InChI is InChI=1S/C18H22ClNS/c1-3-10-20-12-15-8-9-17(11-14(15)2)21-13-16-6-4-5-7-18(16)19/h4-9,11,20H,3,10,12-13H2,1-2H3. The van der Waals surface area contributed by atoms with E-state index in [-0.39, 0.29) is 0 Å². The molecule has 0 radical (unpaired) electrons. The fourth-order valence-electron chi connectivity index (χ4n) is 2.13. The SMILES string of the molecule is CCCNCc1ccc(SCc2ccccc2Cl)cc1C. The monoisotopic (exact) mass is 319 g/mol. The van der Waals surface area contributed by atoms with E-state index < -0.39 is 0 Å². The van der Waals surface area contributed by atoms with Crippen LogP contribution in [0.1, 0.15) is 30.0 Å². The van der Waals surface area contributed by atoms with Crippen molar-refractivity contribution < 1.29 is 0 Å². The molecule has 0 saturated carbocycles. The van der Waals surface area contributed by atoms with Gasteiger partial charge in [0.1, 0.15) is 0 Å². The van der Waals surface area contributed by atoms with E-state index >= 15 is 0 Å². The molecule has 0 aliphatic heterocycles. The molecule has 0 fully saturated rings. The van der Waals surface area contributed by atoms with Crippen LogP contribution in [0.15, 0.2) is 47.4 Å². The highest BCUT2D eigenvalue weighted by Crippen LogP contribution is 2.27. The first kappa shape index (κ1) is 16.4. The molecular formula is C18H22ClNS. The van der Waals surface area contributed by atoms with Gasteiger partial charge in [-0.3, -0.25) is 0 Å². The number of nitrogens with one attached hydrogen (secondary N) is 1. The smallest absolute Gasteiger partial charge is 0.0446 e. The number of halogens is 1. The average molecular weight is 320 g/mol. The Morgan fingerprint density at radius 1 is 1.10 bits per heavy atom. The first-order chi connectivity index (χ1) is 10.2. The van der Waals surface area contributed by atoms with E-state index in [9.17, 15) is 0 Å². The number of hydrogen-bond donors (Lipinski definition) is 1. The lowest BCUT2D eigenvalue weighted by molar-refractivity contribution is 0.673. The van der Waals surface area contributed by atoms with E-state index in [2.05, 4.69) is 43.4 Å². The van der Waals surface area contributed by atoms with Crippen LogP contribution in [0, 0.1) is 6.92 Å². The number of aryl methyl sites for hydroxylation is 1. The maximum Gasteiger partial charge on any atom is 0.0446 e. The zero-order chi connectivity index (χ0) is 15.1. The minimum atomic E-state index is 0.849. The van der Waals surface area contributed by atoms with E-state index in [0.717, 1.165) is 23.9 Å². The van der Waals surface area contributed by atoms with Gasteiger partial charge in [0, 0.05) is 22.2 Å². The molecule has 3 heteroatoms. The second-order valence-corrected chi connectivity index (χ2v) is 6.60. The minimum Gasteiger partial charge on any atom is -0.313 e. The molecule has 0 bridgehead atoms. The summed E-state index contributed by atoms with van der Waals surface area (Å²) in [5.41, 5.74) is 3.92. The molecule has 0 aromatic heterocycles. The Bertz CT molecular complexity index is 583. The number of benzene rings is 2. The second kappa shape index (κ2) is 8.47. The summed E-state index contributed by atoms with van der Waals surface area (Å²) in [6, 6.07) is 14.7. The van der Waals surface area contributed by atoms with Gasteiger partial charge in [-0.15, -0.1) is 11.8 Å². The summed E-state index contributed by atoms with van der Waals surface area (Å²) < 4.78 is 0. The Labute approximate surface area is 137 Å². The molecule has 0 spiro atoms. The van der Waals surface area contributed by atoms with Crippen molar-refractivity contribution >= 4 is 23.4 Å². The summed E-state index contributed by atoms with van der Waals surface area (Å²) in [6.07, 6.45) is 1.17. The molecule has 0 unspecified atom stereocenters. The van der Waals surface area contributed by atoms with Crippen LogP contribution in [0.5, 0.6) is 0 Å². The molecule has 1 N–H and O–H groups in total. The molecule has 0 atom stereocenters. The number of hydrogen-bond acceptors (Lipinski definition) is 2. The largest absolute Gasteiger partial charge is 0.313 e. The second-order valence-electron chi connectivity index (χ2n) is 5.15. The summed E-state index contributed by atoms with van der Waals surface area (Å²) in [5, 5.41) is 4.30. The fraction of sp³-hybridized carbons (Fsp3) is 0.333. The predicted molar refractivity (Wildman–Crippen MR) is 94.2 cm³/mol. The van der Waals surface area contributed by atoms with Gasteiger partial charge < -0.3 is 5.32 Å². The number of thioether (sulfide) groups is 1. The van der Waals surface area contributed by atoms with Crippen LogP contribution in [-0.4, -0.2) is 6.54 Å². The van der Waals surface area contributed by atoms with Crippen molar-refractivity contribution in [2.45, 2.75) is 37.5 Å². The van der Waals surface area contributed by atoms with Gasteiger partial charge in [-0.25, -0.2) is 0 Å². The van der Waals surface area contributed by atoms with Gasteiger partial charge in [0.25, 0.3) is 0 Å². The van der Waals surface area contributed by atoms with Crippen molar-refractivity contribution in [2.24, 2.45) is 0 Å². The Morgan fingerprint density at radius 2 is 1.90 bits per heavy atom. The normalized spacial score (nSPS) is 10.8. The van der Waals surface area contributed by atoms with Crippen LogP contribution < -0.4 is 5.32 Å². The highest BCUT2D eigenvalue weighted by atomic mass is 35.5. The van der Waals surface area contributed by atoms with E-state index in [1.54, 1.807) is 0 Å². The van der Waals surface area contributed by atoms with Crippen molar-refractivity contribution in [3.8, 4) is 0 Å². The zero-order valence-electron chi connectivity index (χ0n) is 12.7.